The van der Waals surface area contributed by atoms with Crippen LogP contribution in [0.1, 0.15) is 17.1 Å². The molecule has 0 atom stereocenters. The van der Waals surface area contributed by atoms with Crippen molar-refractivity contribution in [3.8, 4) is 0 Å². The van der Waals surface area contributed by atoms with Crippen molar-refractivity contribution in [1.29, 1.82) is 0 Å². The minimum atomic E-state index is -0.0844. The molecule has 0 bridgehead atoms. The van der Waals surface area contributed by atoms with Gasteiger partial charge < -0.3 is 11.1 Å². The fourth-order valence-corrected chi connectivity index (χ4v) is 3.20. The highest BCUT2D eigenvalue weighted by atomic mass is 32.1. The van der Waals surface area contributed by atoms with Crippen molar-refractivity contribution in [3.05, 3.63) is 52.6 Å². The molecule has 0 saturated carbocycles. The topological polar surface area (TPSA) is 80.9 Å². The Morgan fingerprint density at radius 1 is 1.26 bits per heavy atom. The van der Waals surface area contributed by atoms with Crippen LogP contribution in [0.15, 0.2) is 41.9 Å². The van der Waals surface area contributed by atoms with Crippen LogP contribution in [0.5, 0.6) is 0 Å². The number of amides is 1. The molecule has 0 aliphatic rings. The lowest BCUT2D eigenvalue weighted by Gasteiger charge is -2.07. The number of carbonyl (C=O) groups excluding carboxylic acids is 1. The molecule has 2 aromatic heterocycles. The molecule has 2 heterocycles. The van der Waals surface area contributed by atoms with Crippen LogP contribution in [0.4, 0.5) is 5.69 Å². The molecule has 118 valence electrons. The zero-order valence-corrected chi connectivity index (χ0v) is 13.5. The Morgan fingerprint density at radius 3 is 3.00 bits per heavy atom. The number of nitrogens with two attached hydrogens (primary N) is 1. The first-order chi connectivity index (χ1) is 11.3. The monoisotopic (exact) mass is 326 g/mol. The van der Waals surface area contributed by atoms with E-state index in [0.29, 0.717) is 6.54 Å². The fourth-order valence-electron chi connectivity index (χ4n) is 2.36. The number of fused-ring (bicyclic) bond motifs is 1. The van der Waals surface area contributed by atoms with Gasteiger partial charge in [0.25, 0.3) is 0 Å². The maximum atomic E-state index is 12.3. The number of hydrogen-bond acceptors (Lipinski definition) is 5. The summed E-state index contributed by atoms with van der Waals surface area (Å²) >= 11 is 1.58. The minimum absolute atomic E-state index is 0.0844. The Morgan fingerprint density at radius 2 is 2.13 bits per heavy atom. The van der Waals surface area contributed by atoms with Crippen LogP contribution in [0.3, 0.4) is 0 Å². The van der Waals surface area contributed by atoms with E-state index in [2.05, 4.69) is 15.3 Å². The molecule has 0 unspecified atom stereocenters. The van der Waals surface area contributed by atoms with Gasteiger partial charge in [0.15, 0.2) is 0 Å². The van der Waals surface area contributed by atoms with Crippen molar-refractivity contribution in [2.45, 2.75) is 19.3 Å². The van der Waals surface area contributed by atoms with Gasteiger partial charge >= 0.3 is 0 Å². The number of pyridine rings is 1. The molecule has 0 aliphatic carbocycles. The number of benzene rings is 1. The fraction of sp³-hybridized carbons (Fsp3) is 0.235. The molecular formula is C17H18N4OS. The summed E-state index contributed by atoms with van der Waals surface area (Å²) in [5.74, 6) is -0.0844. The van der Waals surface area contributed by atoms with Crippen molar-refractivity contribution < 1.29 is 4.79 Å². The van der Waals surface area contributed by atoms with Crippen LogP contribution in [-0.2, 0) is 17.6 Å². The third-order valence-electron chi connectivity index (χ3n) is 3.44. The third-order valence-corrected chi connectivity index (χ3v) is 4.40. The number of aryl methyl sites for hydroxylation is 1. The maximum Gasteiger partial charge on any atom is 0.230 e. The Hall–Kier alpha value is -2.31. The molecule has 5 nitrogen and oxygen atoms in total. The third kappa shape index (κ3) is 3.91. The van der Waals surface area contributed by atoms with Crippen molar-refractivity contribution in [2.75, 3.05) is 11.9 Å². The zero-order chi connectivity index (χ0) is 16.1. The molecule has 23 heavy (non-hydrogen) atoms. The predicted octanol–water partition coefficient (Wildman–Crippen LogP) is 2.76. The minimum Gasteiger partial charge on any atom is -0.330 e. The van der Waals surface area contributed by atoms with E-state index in [1.807, 2.05) is 35.7 Å². The second-order valence-electron chi connectivity index (χ2n) is 5.23. The molecule has 1 amide bonds. The number of nitrogens with zero attached hydrogens (tertiary/aromatic N) is 2. The Labute approximate surface area is 138 Å². The largest absolute Gasteiger partial charge is 0.330 e. The number of aromatic nitrogens is 2. The molecule has 3 N–H and O–H groups in total. The normalized spacial score (nSPS) is 10.8. The quantitative estimate of drug-likeness (QED) is 0.730. The molecule has 0 spiro atoms. The lowest BCUT2D eigenvalue weighted by Crippen LogP contribution is -2.15. The molecule has 0 fully saturated rings. The highest BCUT2D eigenvalue weighted by Gasteiger charge is 2.10. The summed E-state index contributed by atoms with van der Waals surface area (Å²) in [6.45, 7) is 0.656. The average Bonchev–Trinajstić information content (AvgIpc) is 3.00. The van der Waals surface area contributed by atoms with Crippen molar-refractivity contribution in [2.24, 2.45) is 5.73 Å². The van der Waals surface area contributed by atoms with Gasteiger partial charge in [0, 0.05) is 23.4 Å². The van der Waals surface area contributed by atoms with Gasteiger partial charge in [0.05, 0.1) is 28.3 Å². The predicted molar refractivity (Wildman–Crippen MR) is 93.6 cm³/mol. The van der Waals surface area contributed by atoms with Gasteiger partial charge in [-0.2, -0.15) is 0 Å². The number of anilines is 1. The first-order valence-electron chi connectivity index (χ1n) is 7.53. The standard InChI is InChI=1S/C17H18N4OS/c18-8-2-7-16-20-13(11-23-16)10-15(22)21-14-6-1-4-12-5-3-9-19-17(12)14/h1,3-6,9,11H,2,7-8,10,18H2,(H,21,22). The molecule has 3 aromatic rings. The van der Waals surface area contributed by atoms with E-state index >= 15 is 0 Å². The number of nitrogens with one attached hydrogen (secondary N) is 1. The van der Waals surface area contributed by atoms with Gasteiger partial charge in [-0.15, -0.1) is 11.3 Å². The van der Waals surface area contributed by atoms with E-state index in [-0.39, 0.29) is 12.3 Å². The Kier molecular flexibility index (Phi) is 4.95. The van der Waals surface area contributed by atoms with E-state index in [4.69, 9.17) is 5.73 Å². The van der Waals surface area contributed by atoms with Crippen LogP contribution in [0.25, 0.3) is 10.9 Å². The SMILES string of the molecule is NCCCc1nc(CC(=O)Nc2cccc3cccnc23)cs1. The van der Waals surface area contributed by atoms with E-state index in [1.165, 1.54) is 0 Å². The lowest BCUT2D eigenvalue weighted by atomic mass is 10.2. The van der Waals surface area contributed by atoms with Gasteiger partial charge in [-0.1, -0.05) is 18.2 Å². The molecule has 0 aliphatic heterocycles. The molecule has 1 aromatic carbocycles. The summed E-state index contributed by atoms with van der Waals surface area (Å²) in [5.41, 5.74) is 7.83. The van der Waals surface area contributed by atoms with E-state index in [0.717, 1.165) is 40.1 Å². The lowest BCUT2D eigenvalue weighted by molar-refractivity contribution is -0.115. The number of hydrogen-bond donors (Lipinski definition) is 2. The number of carbonyl (C=O) groups is 1. The van der Waals surface area contributed by atoms with Gasteiger partial charge in [-0.3, -0.25) is 9.78 Å². The summed E-state index contributed by atoms with van der Waals surface area (Å²) in [4.78, 5) is 21.1. The van der Waals surface area contributed by atoms with Gasteiger partial charge in [-0.05, 0) is 25.1 Å². The summed E-state index contributed by atoms with van der Waals surface area (Å²) < 4.78 is 0. The van der Waals surface area contributed by atoms with E-state index < -0.39 is 0 Å². The zero-order valence-electron chi connectivity index (χ0n) is 12.7. The molecule has 6 heteroatoms. The van der Waals surface area contributed by atoms with Gasteiger partial charge in [0.2, 0.25) is 5.91 Å². The Balaban J connectivity index is 1.68. The van der Waals surface area contributed by atoms with E-state index in [9.17, 15) is 4.79 Å². The van der Waals surface area contributed by atoms with Crippen LogP contribution in [0.2, 0.25) is 0 Å². The first-order valence-corrected chi connectivity index (χ1v) is 8.41. The molecule has 3 rings (SSSR count). The van der Waals surface area contributed by atoms with Gasteiger partial charge in [-0.25, -0.2) is 4.98 Å². The van der Waals surface area contributed by atoms with E-state index in [1.54, 1.807) is 17.5 Å². The summed E-state index contributed by atoms with van der Waals surface area (Å²) in [6.07, 6.45) is 3.78. The van der Waals surface area contributed by atoms with Crippen molar-refractivity contribution in [3.63, 3.8) is 0 Å². The highest BCUT2D eigenvalue weighted by molar-refractivity contribution is 7.09. The van der Waals surface area contributed by atoms with Gasteiger partial charge in [0.1, 0.15) is 0 Å². The second-order valence-corrected chi connectivity index (χ2v) is 6.17. The van der Waals surface area contributed by atoms with Crippen molar-refractivity contribution in [1.82, 2.24) is 9.97 Å². The maximum absolute atomic E-state index is 12.3. The van der Waals surface area contributed by atoms with Crippen LogP contribution in [-0.4, -0.2) is 22.4 Å². The number of para-hydroxylation sites is 1. The molecule has 0 radical (unpaired) electrons. The Bertz CT molecular complexity index is 810. The molecule has 0 saturated heterocycles. The highest BCUT2D eigenvalue weighted by Crippen LogP contribution is 2.21. The van der Waals surface area contributed by atoms with Crippen molar-refractivity contribution >= 4 is 33.8 Å². The summed E-state index contributed by atoms with van der Waals surface area (Å²) in [7, 11) is 0. The number of thiazole rings is 1. The first kappa shape index (κ1) is 15.6. The number of rotatable bonds is 6. The average molecular weight is 326 g/mol. The molecular weight excluding hydrogens is 308 g/mol. The van der Waals surface area contributed by atoms with Crippen LogP contribution in [0, 0.1) is 0 Å². The summed E-state index contributed by atoms with van der Waals surface area (Å²) in [6, 6.07) is 9.60. The van der Waals surface area contributed by atoms with Crippen LogP contribution < -0.4 is 11.1 Å². The van der Waals surface area contributed by atoms with Crippen LogP contribution >= 0.6 is 11.3 Å². The second kappa shape index (κ2) is 7.30. The summed E-state index contributed by atoms with van der Waals surface area (Å²) in [5, 5.41) is 6.90. The smallest absolute Gasteiger partial charge is 0.230 e.